The molecule has 0 aromatic heterocycles. The minimum atomic E-state index is -1.80. The smallest absolute Gasteiger partial charge is 0.220 e. The Balaban J connectivity index is 1.61. The Kier molecular flexibility index (Phi) is 52.3. The largest absolute Gasteiger partial charge is 0.394 e. The second-order valence-electron chi connectivity index (χ2n) is 24.3. The second-order valence-corrected chi connectivity index (χ2v) is 24.3. The number of unbranched alkanes of at least 4 members (excludes halogenated alkanes) is 29. The van der Waals surface area contributed by atoms with Crippen molar-refractivity contribution in [3.05, 3.63) is 97.2 Å². The van der Waals surface area contributed by atoms with Crippen molar-refractivity contribution in [2.24, 2.45) is 0 Å². The van der Waals surface area contributed by atoms with Crippen molar-refractivity contribution < 1.29 is 64.6 Å². The van der Waals surface area contributed by atoms with E-state index in [1.807, 2.05) is 6.08 Å². The van der Waals surface area contributed by atoms with Gasteiger partial charge < -0.3 is 65.1 Å². The molecule has 502 valence electrons. The van der Waals surface area contributed by atoms with Gasteiger partial charge in [-0.3, -0.25) is 4.79 Å². The molecular weight excluding hydrogens is 1100 g/mol. The number of aliphatic hydroxyl groups excluding tert-OH is 8. The highest BCUT2D eigenvalue weighted by molar-refractivity contribution is 5.76. The van der Waals surface area contributed by atoms with E-state index in [1.165, 1.54) is 154 Å². The topological polar surface area (TPSA) is 228 Å². The number of rotatable bonds is 56. The lowest BCUT2D eigenvalue weighted by molar-refractivity contribution is -0.359. The van der Waals surface area contributed by atoms with Crippen molar-refractivity contribution in [3.8, 4) is 0 Å². The maximum atomic E-state index is 13.3. The lowest BCUT2D eigenvalue weighted by Gasteiger charge is -2.46. The van der Waals surface area contributed by atoms with Crippen molar-refractivity contribution in [2.45, 2.75) is 338 Å². The third-order valence-corrected chi connectivity index (χ3v) is 16.5. The number of hydrogen-bond donors (Lipinski definition) is 9. The van der Waals surface area contributed by atoms with E-state index in [0.717, 1.165) is 77.0 Å². The van der Waals surface area contributed by atoms with Gasteiger partial charge >= 0.3 is 0 Å². The summed E-state index contributed by atoms with van der Waals surface area (Å²) in [6.45, 7) is 2.66. The van der Waals surface area contributed by atoms with Crippen molar-refractivity contribution >= 4 is 5.91 Å². The fourth-order valence-corrected chi connectivity index (χ4v) is 10.9. The number of carbonyl (C=O) groups excluding carboxylic acids is 1. The Morgan fingerprint density at radius 2 is 0.805 bits per heavy atom. The Labute approximate surface area is 528 Å². The van der Waals surface area contributed by atoms with Crippen LogP contribution in [0.15, 0.2) is 97.2 Å². The normalized spacial score (nSPS) is 23.9. The Hall–Kier alpha value is -3.09. The van der Waals surface area contributed by atoms with Crippen LogP contribution in [0.1, 0.15) is 264 Å². The predicted molar refractivity (Wildman–Crippen MR) is 355 cm³/mol. The first-order valence-electron chi connectivity index (χ1n) is 35.0. The molecule has 9 N–H and O–H groups in total. The van der Waals surface area contributed by atoms with Crippen molar-refractivity contribution in [1.82, 2.24) is 5.32 Å². The first-order valence-corrected chi connectivity index (χ1v) is 35.0. The van der Waals surface area contributed by atoms with Crippen LogP contribution >= 0.6 is 0 Å². The van der Waals surface area contributed by atoms with E-state index in [2.05, 4.69) is 104 Å². The standard InChI is InChI=1S/C73H127NO13/c1-3-5-7-9-11-13-15-17-19-21-22-23-24-25-26-27-28-29-30-31-32-33-34-35-36-37-38-39-40-41-43-45-47-49-51-53-55-57-65(78)74-61(62(77)56-54-52-50-48-46-44-42-20-18-16-14-12-10-8-6-4-2)60-84-72-70(83)68(81)71(64(59-76)86-72)87-73-69(82)67(80)66(79)63(58-75)85-73/h5,7,11,13,17-20,22-23,25-26,46,48,54,56,61-64,66-73,75-77,79-83H,3-4,6,8-10,12,14-16,21,24,27-45,47,49-53,55,57-60H2,1-2H3,(H,74,78)/b7-5-,13-11-,19-17-,20-18+,23-22-,26-25-,48-46+,56-54+. The molecule has 2 aliphatic heterocycles. The van der Waals surface area contributed by atoms with E-state index in [1.54, 1.807) is 6.08 Å². The first-order chi connectivity index (χ1) is 42.6. The van der Waals surface area contributed by atoms with Crippen LogP contribution in [0.5, 0.6) is 0 Å². The van der Waals surface area contributed by atoms with Gasteiger partial charge in [-0.25, -0.2) is 0 Å². The summed E-state index contributed by atoms with van der Waals surface area (Å²) >= 11 is 0. The minimum absolute atomic E-state index is 0.253. The maximum absolute atomic E-state index is 13.3. The second kappa shape index (κ2) is 56.9. The quantitative estimate of drug-likeness (QED) is 0.0204. The summed E-state index contributed by atoms with van der Waals surface area (Å²) in [7, 11) is 0. The summed E-state index contributed by atoms with van der Waals surface area (Å²) in [5.74, 6) is -0.253. The van der Waals surface area contributed by atoms with E-state index < -0.39 is 86.8 Å². The highest BCUT2D eigenvalue weighted by atomic mass is 16.7. The van der Waals surface area contributed by atoms with Crippen LogP contribution in [0.25, 0.3) is 0 Å². The van der Waals surface area contributed by atoms with Gasteiger partial charge in [-0.1, -0.05) is 265 Å². The van der Waals surface area contributed by atoms with E-state index in [0.29, 0.717) is 12.8 Å². The van der Waals surface area contributed by atoms with Crippen LogP contribution in [-0.4, -0.2) is 140 Å². The molecule has 0 spiro atoms. The minimum Gasteiger partial charge on any atom is -0.394 e. The number of amides is 1. The number of aliphatic hydroxyl groups is 8. The zero-order valence-electron chi connectivity index (χ0n) is 54.5. The number of allylic oxidation sites excluding steroid dienone is 15. The Bertz CT molecular complexity index is 1830. The highest BCUT2D eigenvalue weighted by Crippen LogP contribution is 2.30. The molecule has 14 nitrogen and oxygen atoms in total. The van der Waals surface area contributed by atoms with Gasteiger partial charge in [0.2, 0.25) is 5.91 Å². The fourth-order valence-electron chi connectivity index (χ4n) is 10.9. The lowest BCUT2D eigenvalue weighted by atomic mass is 9.97. The van der Waals surface area contributed by atoms with Gasteiger partial charge in [0.1, 0.15) is 48.8 Å². The number of nitrogens with one attached hydrogen (secondary N) is 1. The molecule has 0 bridgehead atoms. The number of ether oxygens (including phenoxy) is 4. The molecule has 1 amide bonds. The predicted octanol–water partition coefficient (Wildman–Crippen LogP) is 14.2. The lowest BCUT2D eigenvalue weighted by Crippen LogP contribution is -2.65. The van der Waals surface area contributed by atoms with Crippen molar-refractivity contribution in [1.29, 1.82) is 0 Å². The summed E-state index contributed by atoms with van der Waals surface area (Å²) in [4.78, 5) is 13.3. The molecule has 2 aliphatic rings. The van der Waals surface area contributed by atoms with Crippen molar-refractivity contribution in [2.75, 3.05) is 19.8 Å². The summed E-state index contributed by atoms with van der Waals surface area (Å²) in [6.07, 6.45) is 63.3. The average molecular weight is 1230 g/mol. The summed E-state index contributed by atoms with van der Waals surface area (Å²) in [5.41, 5.74) is 0. The average Bonchev–Trinajstić information content (AvgIpc) is 2.36. The van der Waals surface area contributed by atoms with Crippen molar-refractivity contribution in [3.63, 3.8) is 0 Å². The van der Waals surface area contributed by atoms with E-state index in [-0.39, 0.29) is 18.9 Å². The van der Waals surface area contributed by atoms with Crippen LogP contribution in [0.2, 0.25) is 0 Å². The van der Waals surface area contributed by atoms with Gasteiger partial charge in [-0.15, -0.1) is 0 Å². The third kappa shape index (κ3) is 41.1. The monoisotopic (exact) mass is 1230 g/mol. The molecule has 2 fully saturated rings. The van der Waals surface area contributed by atoms with Crippen LogP contribution in [-0.2, 0) is 23.7 Å². The molecule has 0 aromatic carbocycles. The molecule has 2 rings (SSSR count). The Morgan fingerprint density at radius 1 is 0.425 bits per heavy atom. The van der Waals surface area contributed by atoms with Crippen LogP contribution in [0, 0.1) is 0 Å². The fraction of sp³-hybridized carbons (Fsp3) is 0.767. The van der Waals surface area contributed by atoms with Gasteiger partial charge in [-0.05, 0) is 89.9 Å². The SMILES string of the molecule is CC/C=C\C/C=C\C/C=C\C/C=C\C/C=C\CCCCCCCCCCCCCCCCCCCCCCCC(=O)NC(COC1OC(CO)C(OC2OC(CO)C(O)C(O)C2O)C(O)C1O)C(O)/C=C/CC/C=C/CC/C=C/CCCCCCCC. The first kappa shape index (κ1) is 80.0. The van der Waals surface area contributed by atoms with Crippen LogP contribution in [0.4, 0.5) is 0 Å². The number of carbonyl (C=O) groups is 1. The molecule has 2 saturated heterocycles. The van der Waals surface area contributed by atoms with Gasteiger partial charge in [0.15, 0.2) is 12.6 Å². The third-order valence-electron chi connectivity index (χ3n) is 16.5. The molecule has 0 radical (unpaired) electrons. The van der Waals surface area contributed by atoms with Gasteiger partial charge in [0, 0.05) is 6.42 Å². The molecule has 14 heteroatoms. The molecule has 0 aromatic rings. The zero-order chi connectivity index (χ0) is 63.1. The molecular formula is C73H127NO13. The maximum Gasteiger partial charge on any atom is 0.220 e. The molecule has 87 heavy (non-hydrogen) atoms. The van der Waals surface area contributed by atoms with Gasteiger partial charge in [0.25, 0.3) is 0 Å². The zero-order valence-corrected chi connectivity index (χ0v) is 54.5. The summed E-state index contributed by atoms with van der Waals surface area (Å²) in [5, 5.41) is 87.3. The molecule has 12 unspecified atom stereocenters. The number of hydrogen-bond acceptors (Lipinski definition) is 13. The van der Waals surface area contributed by atoms with E-state index in [9.17, 15) is 45.6 Å². The van der Waals surface area contributed by atoms with Crippen LogP contribution in [0.3, 0.4) is 0 Å². The molecule has 2 heterocycles. The molecule has 0 aliphatic carbocycles. The van der Waals surface area contributed by atoms with Gasteiger partial charge in [0.05, 0.1) is 32.0 Å². The highest BCUT2D eigenvalue weighted by Gasteiger charge is 2.51. The van der Waals surface area contributed by atoms with E-state index in [4.69, 9.17) is 18.9 Å². The van der Waals surface area contributed by atoms with E-state index >= 15 is 0 Å². The summed E-state index contributed by atoms with van der Waals surface area (Å²) < 4.78 is 22.8. The Morgan fingerprint density at radius 3 is 1.26 bits per heavy atom. The molecule has 0 saturated carbocycles. The van der Waals surface area contributed by atoms with Gasteiger partial charge in [-0.2, -0.15) is 0 Å². The molecule has 12 atom stereocenters. The van der Waals surface area contributed by atoms with Crippen LogP contribution < -0.4 is 5.32 Å². The summed E-state index contributed by atoms with van der Waals surface area (Å²) in [6, 6.07) is -0.941.